The Hall–Kier alpha value is -4.07. The minimum absolute atomic E-state index is 0.126. The first-order valence-electron chi connectivity index (χ1n) is 8.90. The molecule has 4 rings (SSSR count). The number of rotatable bonds is 7. The van der Waals surface area contributed by atoms with Gasteiger partial charge in [-0.3, -0.25) is 0 Å². The highest BCUT2D eigenvalue weighted by molar-refractivity contribution is 5.34. The van der Waals surface area contributed by atoms with Gasteiger partial charge in [0.05, 0.1) is 12.8 Å². The number of aromatic hydroxyl groups is 2. The Morgan fingerprint density at radius 3 is 2.28 bits per heavy atom. The lowest BCUT2D eigenvalue weighted by Crippen LogP contribution is -2.08. The van der Waals surface area contributed by atoms with Gasteiger partial charge < -0.3 is 24.7 Å². The van der Waals surface area contributed by atoms with Crippen molar-refractivity contribution < 1.29 is 19.4 Å². The van der Waals surface area contributed by atoms with Gasteiger partial charge in [0.2, 0.25) is 5.95 Å². The van der Waals surface area contributed by atoms with E-state index in [4.69, 9.17) is 9.15 Å². The smallest absolute Gasteiger partial charge is 0.327 e. The maximum atomic E-state index is 9.46. The first-order chi connectivity index (χ1) is 14.1. The van der Waals surface area contributed by atoms with Crippen LogP contribution in [0.4, 0.5) is 5.95 Å². The molecule has 3 N–H and O–H groups in total. The average Bonchev–Trinajstić information content (AvgIpc) is 3.24. The van der Waals surface area contributed by atoms with Gasteiger partial charge in [0, 0.05) is 6.42 Å². The van der Waals surface area contributed by atoms with E-state index in [1.165, 1.54) is 12.1 Å². The van der Waals surface area contributed by atoms with Gasteiger partial charge in [0.1, 0.15) is 28.8 Å². The van der Waals surface area contributed by atoms with Gasteiger partial charge in [-0.15, -0.1) is 0 Å². The van der Waals surface area contributed by atoms with E-state index in [9.17, 15) is 10.2 Å². The SMILES string of the molecule is Oc1ccc(Cc2nc(NCc3ccco3)nc(Oc3ccc(O)cc3)n2)cc1. The van der Waals surface area contributed by atoms with E-state index in [1.54, 1.807) is 48.7 Å². The van der Waals surface area contributed by atoms with Crippen molar-refractivity contribution in [2.24, 2.45) is 0 Å². The largest absolute Gasteiger partial charge is 0.508 e. The number of nitrogens with one attached hydrogen (secondary N) is 1. The lowest BCUT2D eigenvalue weighted by atomic mass is 10.1. The van der Waals surface area contributed by atoms with Crippen LogP contribution in [0.2, 0.25) is 0 Å². The number of benzene rings is 2. The maximum absolute atomic E-state index is 9.46. The Morgan fingerprint density at radius 1 is 0.862 bits per heavy atom. The topological polar surface area (TPSA) is 114 Å². The Balaban J connectivity index is 1.58. The van der Waals surface area contributed by atoms with Crippen LogP contribution in [0, 0.1) is 0 Å². The highest BCUT2D eigenvalue weighted by Gasteiger charge is 2.10. The normalized spacial score (nSPS) is 10.6. The fourth-order valence-electron chi connectivity index (χ4n) is 2.60. The molecule has 0 aliphatic rings. The lowest BCUT2D eigenvalue weighted by molar-refractivity contribution is 0.433. The van der Waals surface area contributed by atoms with Crippen LogP contribution in [0.5, 0.6) is 23.3 Å². The van der Waals surface area contributed by atoms with Gasteiger partial charge in [0.25, 0.3) is 0 Å². The maximum Gasteiger partial charge on any atom is 0.327 e. The molecule has 2 aromatic carbocycles. The van der Waals surface area contributed by atoms with Crippen LogP contribution < -0.4 is 10.1 Å². The zero-order chi connectivity index (χ0) is 20.1. The summed E-state index contributed by atoms with van der Waals surface area (Å²) in [7, 11) is 0. The molecule has 4 aromatic rings. The van der Waals surface area contributed by atoms with Crippen LogP contribution >= 0.6 is 0 Å². The molecule has 8 nitrogen and oxygen atoms in total. The van der Waals surface area contributed by atoms with Gasteiger partial charge in [-0.1, -0.05) is 12.1 Å². The van der Waals surface area contributed by atoms with Gasteiger partial charge in [-0.25, -0.2) is 0 Å². The number of nitrogens with zero attached hydrogens (tertiary/aromatic N) is 3. The predicted molar refractivity (Wildman–Crippen MR) is 105 cm³/mol. The number of hydrogen-bond donors (Lipinski definition) is 3. The second-order valence-corrected chi connectivity index (χ2v) is 6.23. The highest BCUT2D eigenvalue weighted by atomic mass is 16.5. The summed E-state index contributed by atoms with van der Waals surface area (Å²) in [6.07, 6.45) is 2.03. The van der Waals surface area contributed by atoms with Gasteiger partial charge in [0.15, 0.2) is 0 Å². The molecule has 0 fully saturated rings. The number of ether oxygens (including phenoxy) is 1. The van der Waals surface area contributed by atoms with Crippen molar-refractivity contribution in [3.05, 3.63) is 84.1 Å². The third-order valence-electron chi connectivity index (χ3n) is 4.01. The van der Waals surface area contributed by atoms with Crippen molar-refractivity contribution >= 4 is 5.95 Å². The molecule has 0 atom stereocenters. The Morgan fingerprint density at radius 2 is 1.59 bits per heavy atom. The number of phenols is 2. The van der Waals surface area contributed by atoms with Crippen molar-refractivity contribution in [1.29, 1.82) is 0 Å². The van der Waals surface area contributed by atoms with Crippen LogP contribution in [-0.4, -0.2) is 25.2 Å². The molecule has 8 heteroatoms. The lowest BCUT2D eigenvalue weighted by Gasteiger charge is -2.09. The second-order valence-electron chi connectivity index (χ2n) is 6.23. The molecule has 29 heavy (non-hydrogen) atoms. The van der Waals surface area contributed by atoms with Crippen molar-refractivity contribution in [3.8, 4) is 23.3 Å². The number of phenolic OH excluding ortho intramolecular Hbond substituents is 2. The van der Waals surface area contributed by atoms with Crippen LogP contribution in [0.1, 0.15) is 17.1 Å². The summed E-state index contributed by atoms with van der Waals surface area (Å²) in [4.78, 5) is 13.1. The quantitative estimate of drug-likeness (QED) is 0.436. The molecule has 0 unspecified atom stereocenters. The Bertz CT molecular complexity index is 999. The monoisotopic (exact) mass is 390 g/mol. The average molecular weight is 390 g/mol. The molecule has 2 heterocycles. The fraction of sp³-hybridized carbons (Fsp3) is 0.0952. The van der Waals surface area contributed by atoms with E-state index in [0.717, 1.165) is 11.3 Å². The molecular weight excluding hydrogens is 372 g/mol. The van der Waals surface area contributed by atoms with Crippen molar-refractivity contribution in [2.45, 2.75) is 13.0 Å². The Labute approximate surface area is 166 Å². The van der Waals surface area contributed by atoms with E-state index >= 15 is 0 Å². The number of hydrogen-bond acceptors (Lipinski definition) is 8. The van der Waals surface area contributed by atoms with Crippen LogP contribution in [0.25, 0.3) is 0 Å². The summed E-state index contributed by atoms with van der Waals surface area (Å²) in [6, 6.07) is 16.9. The van der Waals surface area contributed by atoms with Gasteiger partial charge in [-0.2, -0.15) is 15.0 Å². The summed E-state index contributed by atoms with van der Waals surface area (Å²) in [5.41, 5.74) is 0.932. The van der Waals surface area contributed by atoms with E-state index < -0.39 is 0 Å². The third-order valence-corrected chi connectivity index (χ3v) is 4.01. The Kier molecular flexibility index (Phi) is 5.24. The predicted octanol–water partition coefficient (Wildman–Crippen LogP) is 3.87. The molecule has 0 aliphatic heterocycles. The summed E-state index contributed by atoms with van der Waals surface area (Å²) < 4.78 is 11.0. The van der Waals surface area contributed by atoms with Crippen molar-refractivity contribution in [3.63, 3.8) is 0 Å². The van der Waals surface area contributed by atoms with Gasteiger partial charge in [-0.05, 0) is 54.1 Å². The summed E-state index contributed by atoms with van der Waals surface area (Å²) in [6.45, 7) is 0.411. The molecule has 0 aliphatic carbocycles. The van der Waals surface area contributed by atoms with E-state index in [-0.39, 0.29) is 17.5 Å². The minimum atomic E-state index is 0.126. The first kappa shape index (κ1) is 18.3. The number of anilines is 1. The zero-order valence-electron chi connectivity index (χ0n) is 15.3. The number of aromatic nitrogens is 3. The molecule has 0 radical (unpaired) electrons. The second kappa shape index (κ2) is 8.30. The molecular formula is C21H18N4O4. The first-order valence-corrected chi connectivity index (χ1v) is 8.90. The van der Waals surface area contributed by atoms with E-state index in [0.29, 0.717) is 30.5 Å². The van der Waals surface area contributed by atoms with Crippen molar-refractivity contribution in [1.82, 2.24) is 15.0 Å². The highest BCUT2D eigenvalue weighted by Crippen LogP contribution is 2.22. The van der Waals surface area contributed by atoms with Crippen LogP contribution in [0.3, 0.4) is 0 Å². The zero-order valence-corrected chi connectivity index (χ0v) is 15.3. The molecule has 0 spiro atoms. The third kappa shape index (κ3) is 5.01. The summed E-state index contributed by atoms with van der Waals surface area (Å²) in [5, 5.41) is 22.0. The fourth-order valence-corrected chi connectivity index (χ4v) is 2.60. The summed E-state index contributed by atoms with van der Waals surface area (Å²) in [5.74, 6) is 2.41. The standard InChI is InChI=1S/C21H18N4O4/c26-15-5-3-14(4-6-15)12-19-23-20(22-13-18-2-1-11-28-18)25-21(24-19)29-17-9-7-16(27)8-10-17/h1-11,26-27H,12-13H2,(H,22,23,24,25). The van der Waals surface area contributed by atoms with Crippen LogP contribution in [0.15, 0.2) is 71.3 Å². The molecule has 0 bridgehead atoms. The molecule has 0 amide bonds. The molecule has 0 saturated heterocycles. The van der Waals surface area contributed by atoms with E-state index in [2.05, 4.69) is 20.3 Å². The van der Waals surface area contributed by atoms with Crippen LogP contribution in [-0.2, 0) is 13.0 Å². The molecule has 0 saturated carbocycles. The summed E-state index contributed by atoms with van der Waals surface area (Å²) >= 11 is 0. The van der Waals surface area contributed by atoms with Crippen molar-refractivity contribution in [2.75, 3.05) is 5.32 Å². The van der Waals surface area contributed by atoms with E-state index in [1.807, 2.05) is 6.07 Å². The molecule has 2 aromatic heterocycles. The van der Waals surface area contributed by atoms with Gasteiger partial charge >= 0.3 is 6.01 Å². The minimum Gasteiger partial charge on any atom is -0.508 e. The molecule has 146 valence electrons. The number of furan rings is 1.